The Labute approximate surface area is 85.2 Å². The van der Waals surface area contributed by atoms with Crippen LogP contribution in [0.1, 0.15) is 6.92 Å². The van der Waals surface area contributed by atoms with Crippen molar-refractivity contribution in [2.75, 3.05) is 0 Å². The zero-order chi connectivity index (χ0) is 5.58. The normalized spacial score (nSPS) is 6.00. The van der Waals surface area contributed by atoms with E-state index in [-0.39, 0.29) is 13.3 Å². The summed E-state index contributed by atoms with van der Waals surface area (Å²) in [6.07, 6.45) is 0. The number of rotatable bonds is 0. The van der Waals surface area contributed by atoms with Crippen molar-refractivity contribution in [3.8, 4) is 0 Å². The molecule has 0 aromatic carbocycles. The Bertz CT molecular complexity index is 17.7. The van der Waals surface area contributed by atoms with E-state index < -0.39 is 0 Å². The number of hydrogen-bond donors (Lipinski definition) is 0. The van der Waals surface area contributed by atoms with Gasteiger partial charge in [0.1, 0.15) is 0 Å². The van der Waals surface area contributed by atoms with Gasteiger partial charge in [0.25, 0.3) is 0 Å². The average molecular weight is 472 g/mol. The Morgan fingerprint density at radius 1 is 1.14 bits per heavy atom. The molecule has 0 unspecified atom stereocenters. The summed E-state index contributed by atoms with van der Waals surface area (Å²) in [5.41, 5.74) is 0. The standard InChI is InChI=1S/C2H5.B.3HI.V/c1-2;;;;;/h1H2,2H3;;3*1H;/q-1;;;;;+3/p-3. The second kappa shape index (κ2) is 15.9. The van der Waals surface area contributed by atoms with E-state index in [2.05, 4.69) is 66.9 Å². The van der Waals surface area contributed by atoms with Crippen LogP contribution in [0.3, 0.4) is 0 Å². The fourth-order valence-corrected chi connectivity index (χ4v) is 0. The third kappa shape index (κ3) is 51.3. The predicted octanol–water partition coefficient (Wildman–Crippen LogP) is 3.11. The quantitative estimate of drug-likeness (QED) is 0.289. The minimum atomic E-state index is -0.278. The maximum absolute atomic E-state index is 3.25. The summed E-state index contributed by atoms with van der Waals surface area (Å²) in [6.45, 7) is 5.00. The molecule has 0 aliphatic rings. The summed E-state index contributed by atoms with van der Waals surface area (Å²) < 4.78 is 0. The van der Waals surface area contributed by atoms with Crippen LogP contribution in [-0.2, 0) is 4.92 Å². The van der Waals surface area contributed by atoms with Crippen molar-refractivity contribution in [1.82, 2.24) is 0 Å². The van der Waals surface area contributed by atoms with Crippen molar-refractivity contribution in [2.24, 2.45) is 0 Å². The molecular formula is C2H5BI3V-. The van der Waals surface area contributed by atoms with Crippen molar-refractivity contribution in [3.05, 3.63) is 6.92 Å². The van der Waals surface area contributed by atoms with E-state index in [4.69, 9.17) is 0 Å². The van der Waals surface area contributed by atoms with Crippen LogP contribution in [0, 0.1) is 6.92 Å². The molecule has 0 heterocycles. The molecule has 0 fully saturated rings. The Balaban J connectivity index is -0.0000000480. The van der Waals surface area contributed by atoms with Gasteiger partial charge < -0.3 is 6.92 Å². The summed E-state index contributed by atoms with van der Waals surface area (Å²) in [5.74, 6) is 0. The van der Waals surface area contributed by atoms with Crippen LogP contribution in [0.5, 0.6) is 0 Å². The van der Waals surface area contributed by atoms with E-state index >= 15 is 0 Å². The van der Waals surface area contributed by atoms with Crippen LogP contribution in [0.25, 0.3) is 0 Å². The first-order valence-electron chi connectivity index (χ1n) is 1.21. The zero-order valence-electron chi connectivity index (χ0n) is 3.87. The van der Waals surface area contributed by atoms with E-state index in [0.717, 1.165) is 0 Å². The monoisotopic (exact) mass is 472 g/mol. The summed E-state index contributed by atoms with van der Waals surface area (Å²) >= 11 is 7.39. The van der Waals surface area contributed by atoms with E-state index in [1.54, 1.807) is 6.92 Å². The average Bonchev–Trinajstić information content (AvgIpc) is 1.41. The topological polar surface area (TPSA) is 0 Å². The van der Waals surface area contributed by atoms with Gasteiger partial charge in [-0.15, -0.1) is 0 Å². The minimum absolute atomic E-state index is 0. The first kappa shape index (κ1) is 16.4. The fourth-order valence-electron chi connectivity index (χ4n) is 0. The van der Waals surface area contributed by atoms with E-state index in [1.807, 2.05) is 0 Å². The molecule has 0 bridgehead atoms. The van der Waals surface area contributed by atoms with Crippen molar-refractivity contribution < 1.29 is 4.92 Å². The molecular weight excluding hydrogens is 466 g/mol. The first-order valence-corrected chi connectivity index (χ1v) is 14.7. The predicted molar refractivity (Wildman–Crippen MR) is 58.8 cm³/mol. The molecule has 0 aliphatic heterocycles. The van der Waals surface area contributed by atoms with Crippen molar-refractivity contribution in [2.45, 2.75) is 6.92 Å². The van der Waals surface area contributed by atoms with Crippen molar-refractivity contribution >= 4 is 68.3 Å². The van der Waals surface area contributed by atoms with Gasteiger partial charge in [-0.1, -0.05) is 0 Å². The molecule has 0 saturated carbocycles. The van der Waals surface area contributed by atoms with Crippen LogP contribution in [0.2, 0.25) is 0 Å². The molecule has 0 atom stereocenters. The van der Waals surface area contributed by atoms with Crippen molar-refractivity contribution in [3.63, 3.8) is 0 Å². The molecule has 7 heavy (non-hydrogen) atoms. The molecule has 0 nitrogen and oxygen atoms in total. The molecule has 0 N–H and O–H groups in total. The molecule has 0 aromatic rings. The summed E-state index contributed by atoms with van der Waals surface area (Å²) in [6, 6.07) is 0. The second-order valence-electron chi connectivity index (χ2n) is 0.192. The van der Waals surface area contributed by atoms with Gasteiger partial charge in [-0.3, -0.25) is 0 Å². The van der Waals surface area contributed by atoms with Crippen molar-refractivity contribution in [1.29, 1.82) is 0 Å². The Morgan fingerprint density at radius 2 is 1.14 bits per heavy atom. The third-order valence-corrected chi connectivity index (χ3v) is 0. The van der Waals surface area contributed by atoms with Gasteiger partial charge in [0.05, 0.1) is 0 Å². The summed E-state index contributed by atoms with van der Waals surface area (Å²) in [7, 11) is 0. The molecule has 0 rings (SSSR count). The first-order chi connectivity index (χ1) is 2.73. The van der Waals surface area contributed by atoms with Gasteiger partial charge in [-0.25, -0.2) is 0 Å². The van der Waals surface area contributed by atoms with Crippen LogP contribution in [0.15, 0.2) is 0 Å². The number of hydrogen-bond acceptors (Lipinski definition) is 0. The van der Waals surface area contributed by atoms with E-state index in [1.165, 1.54) is 0 Å². The SMILES string of the molecule is [B].[CH2-]C.[I][V]([I])[I]. The molecule has 0 saturated heterocycles. The zero-order valence-corrected chi connectivity index (χ0v) is 11.7. The molecule has 0 spiro atoms. The third-order valence-electron chi connectivity index (χ3n) is 0. The van der Waals surface area contributed by atoms with Gasteiger partial charge in [0.15, 0.2) is 0 Å². The van der Waals surface area contributed by atoms with E-state index in [0.29, 0.717) is 0 Å². The van der Waals surface area contributed by atoms with E-state index in [9.17, 15) is 0 Å². The second-order valence-corrected chi connectivity index (χ2v) is 35.6. The fraction of sp³-hybridized carbons (Fsp3) is 0.500. The van der Waals surface area contributed by atoms with Crippen LogP contribution in [-0.4, -0.2) is 8.41 Å². The van der Waals surface area contributed by atoms with Gasteiger partial charge in [-0.05, 0) is 0 Å². The summed E-state index contributed by atoms with van der Waals surface area (Å²) in [4.78, 5) is -0.278. The number of halogens is 3. The Kier molecular flexibility index (Phi) is 37.4. The van der Waals surface area contributed by atoms with Gasteiger partial charge in [0.2, 0.25) is 0 Å². The Morgan fingerprint density at radius 3 is 1.14 bits per heavy atom. The molecule has 0 aliphatic carbocycles. The maximum atomic E-state index is 3.25. The van der Waals surface area contributed by atoms with Gasteiger partial charge in [0, 0.05) is 8.41 Å². The molecule has 5 heteroatoms. The van der Waals surface area contributed by atoms with Crippen LogP contribution < -0.4 is 0 Å². The molecule has 43 valence electrons. The van der Waals surface area contributed by atoms with Crippen LogP contribution in [0.4, 0.5) is 0 Å². The van der Waals surface area contributed by atoms with Gasteiger partial charge in [-0.2, -0.15) is 6.92 Å². The Hall–Kier alpha value is 2.84. The van der Waals surface area contributed by atoms with Crippen LogP contribution >= 0.6 is 59.9 Å². The van der Waals surface area contributed by atoms with Gasteiger partial charge >= 0.3 is 64.9 Å². The summed E-state index contributed by atoms with van der Waals surface area (Å²) in [5, 5.41) is 0. The molecule has 3 radical (unpaired) electrons. The molecule has 0 amide bonds. The molecule has 0 aromatic heterocycles.